The van der Waals surface area contributed by atoms with Gasteiger partial charge in [0.15, 0.2) is 0 Å². The lowest BCUT2D eigenvalue weighted by molar-refractivity contribution is -0.125. The van der Waals surface area contributed by atoms with Crippen LogP contribution in [0.5, 0.6) is 0 Å². The van der Waals surface area contributed by atoms with Gasteiger partial charge in [0.25, 0.3) is 0 Å². The lowest BCUT2D eigenvalue weighted by atomic mass is 9.92. The molecule has 5 nitrogen and oxygen atoms in total. The van der Waals surface area contributed by atoms with Crippen LogP contribution < -0.4 is 5.32 Å². The molecule has 0 aromatic rings. The topological polar surface area (TPSA) is 69.6 Å². The second-order valence-electron chi connectivity index (χ2n) is 3.71. The summed E-state index contributed by atoms with van der Waals surface area (Å²) in [6.07, 6.45) is -0.222. The molecule has 1 unspecified atom stereocenters. The van der Waals surface area contributed by atoms with Crippen LogP contribution in [0.2, 0.25) is 0 Å². The highest BCUT2D eigenvalue weighted by Gasteiger charge is 2.42. The van der Waals surface area contributed by atoms with Crippen molar-refractivity contribution in [2.75, 3.05) is 19.6 Å². The van der Waals surface area contributed by atoms with Crippen molar-refractivity contribution in [1.29, 1.82) is 0 Å². The van der Waals surface area contributed by atoms with E-state index in [0.717, 1.165) is 26.1 Å². The van der Waals surface area contributed by atoms with Crippen molar-refractivity contribution in [2.45, 2.75) is 6.42 Å². The number of rotatable bonds is 1. The average molecular weight is 184 g/mol. The van der Waals surface area contributed by atoms with Crippen LogP contribution in [0, 0.1) is 11.8 Å². The van der Waals surface area contributed by atoms with E-state index in [9.17, 15) is 9.59 Å². The summed E-state index contributed by atoms with van der Waals surface area (Å²) in [4.78, 5) is 23.8. The number of carbonyl (C=O) groups is 2. The molecule has 2 bridgehead atoms. The van der Waals surface area contributed by atoms with Crippen molar-refractivity contribution in [3.63, 3.8) is 0 Å². The Morgan fingerprint density at radius 3 is 2.62 bits per heavy atom. The fourth-order valence-electron chi connectivity index (χ4n) is 2.28. The molecule has 0 radical (unpaired) electrons. The molecule has 0 aromatic carbocycles. The van der Waals surface area contributed by atoms with Gasteiger partial charge in [-0.2, -0.15) is 0 Å². The first-order valence-electron chi connectivity index (χ1n) is 4.43. The largest absolute Gasteiger partial charge is 0.465 e. The van der Waals surface area contributed by atoms with Gasteiger partial charge in [-0.05, 0) is 18.9 Å². The highest BCUT2D eigenvalue weighted by Crippen LogP contribution is 2.32. The molecule has 5 heteroatoms. The average Bonchev–Trinajstić information content (AvgIpc) is 2.62. The number of amides is 2. The molecule has 2 aliphatic rings. The molecule has 0 aromatic heterocycles. The number of hydrogen-bond donors (Lipinski definition) is 2. The van der Waals surface area contributed by atoms with Crippen LogP contribution in [0.15, 0.2) is 0 Å². The normalized spacial score (nSPS) is 36.2. The Kier molecular flexibility index (Phi) is 1.95. The molecule has 2 aliphatic heterocycles. The molecule has 0 aliphatic carbocycles. The van der Waals surface area contributed by atoms with Crippen molar-refractivity contribution < 1.29 is 14.7 Å². The monoisotopic (exact) mass is 184 g/mol. The summed E-state index contributed by atoms with van der Waals surface area (Å²) in [7, 11) is 0. The van der Waals surface area contributed by atoms with E-state index in [-0.39, 0.29) is 11.8 Å². The Morgan fingerprint density at radius 2 is 2.15 bits per heavy atom. The maximum atomic E-state index is 11.3. The van der Waals surface area contributed by atoms with Gasteiger partial charge in [0, 0.05) is 13.1 Å². The number of piperidine rings is 1. The first kappa shape index (κ1) is 8.50. The first-order chi connectivity index (χ1) is 6.16. The molecule has 2 rings (SSSR count). The van der Waals surface area contributed by atoms with E-state index in [1.54, 1.807) is 0 Å². The smallest absolute Gasteiger partial charge is 0.411 e. The van der Waals surface area contributed by atoms with E-state index in [0.29, 0.717) is 5.92 Å². The molecule has 2 heterocycles. The Balaban J connectivity index is 1.95. The summed E-state index contributed by atoms with van der Waals surface area (Å²) in [5, 5.41) is 10.3. The maximum absolute atomic E-state index is 11.3. The standard InChI is InChI=1S/C8H12N2O3/c11-7(9-8(12)13)6-4-10-2-1-5(6)3-10/h5-6H,1-4H2,(H,9,11)(H,12,13)/t5-,6+/m1/s1. The zero-order valence-corrected chi connectivity index (χ0v) is 7.19. The Bertz CT molecular complexity index is 254. The number of hydrogen-bond acceptors (Lipinski definition) is 3. The first-order valence-corrected chi connectivity index (χ1v) is 4.43. The molecule has 13 heavy (non-hydrogen) atoms. The second kappa shape index (κ2) is 2.99. The predicted molar refractivity (Wildman–Crippen MR) is 44.2 cm³/mol. The van der Waals surface area contributed by atoms with E-state index in [1.165, 1.54) is 0 Å². The van der Waals surface area contributed by atoms with Crippen LogP contribution >= 0.6 is 0 Å². The van der Waals surface area contributed by atoms with E-state index < -0.39 is 6.09 Å². The Labute approximate surface area is 75.7 Å². The van der Waals surface area contributed by atoms with Gasteiger partial charge in [0.1, 0.15) is 0 Å². The molecular formula is C8H12N2O3. The Morgan fingerprint density at radius 1 is 1.38 bits per heavy atom. The third-order valence-electron chi connectivity index (χ3n) is 2.90. The highest BCUT2D eigenvalue weighted by atomic mass is 16.4. The van der Waals surface area contributed by atoms with E-state index in [2.05, 4.69) is 4.90 Å². The fourth-order valence-corrected chi connectivity index (χ4v) is 2.28. The molecule has 72 valence electrons. The zero-order valence-electron chi connectivity index (χ0n) is 7.19. The van der Waals surface area contributed by atoms with Crippen LogP contribution in [0.25, 0.3) is 0 Å². The van der Waals surface area contributed by atoms with E-state index in [4.69, 9.17) is 5.11 Å². The third kappa shape index (κ3) is 1.51. The molecular weight excluding hydrogens is 172 g/mol. The summed E-state index contributed by atoms with van der Waals surface area (Å²) < 4.78 is 0. The summed E-state index contributed by atoms with van der Waals surface area (Å²) in [5.74, 6) is -0.0658. The predicted octanol–water partition coefficient (Wildman–Crippen LogP) is -0.268. The molecule has 2 saturated heterocycles. The highest BCUT2D eigenvalue weighted by molar-refractivity contribution is 5.92. The van der Waals surface area contributed by atoms with Crippen LogP contribution in [-0.4, -0.2) is 41.6 Å². The molecule has 0 spiro atoms. The zero-order chi connectivity index (χ0) is 9.42. The number of fused-ring (bicyclic) bond motifs is 2. The minimum Gasteiger partial charge on any atom is -0.465 e. The van der Waals surface area contributed by atoms with Crippen LogP contribution in [-0.2, 0) is 4.79 Å². The van der Waals surface area contributed by atoms with Crippen molar-refractivity contribution in [3.8, 4) is 0 Å². The van der Waals surface area contributed by atoms with E-state index >= 15 is 0 Å². The summed E-state index contributed by atoms with van der Waals surface area (Å²) in [5.41, 5.74) is 0. The third-order valence-corrected chi connectivity index (χ3v) is 2.90. The van der Waals surface area contributed by atoms with Crippen LogP contribution in [0.3, 0.4) is 0 Å². The van der Waals surface area contributed by atoms with Crippen molar-refractivity contribution >= 4 is 12.0 Å². The van der Waals surface area contributed by atoms with Crippen molar-refractivity contribution in [2.24, 2.45) is 11.8 Å². The van der Waals surface area contributed by atoms with Gasteiger partial charge < -0.3 is 10.0 Å². The maximum Gasteiger partial charge on any atom is 0.411 e. The van der Waals surface area contributed by atoms with Crippen molar-refractivity contribution in [3.05, 3.63) is 0 Å². The van der Waals surface area contributed by atoms with Gasteiger partial charge in [0.2, 0.25) is 5.91 Å². The minimum absolute atomic E-state index is 0.107. The molecule has 2 fully saturated rings. The lowest BCUT2D eigenvalue weighted by Crippen LogP contribution is -2.40. The molecule has 0 saturated carbocycles. The summed E-state index contributed by atoms with van der Waals surface area (Å²) >= 11 is 0. The van der Waals surface area contributed by atoms with Crippen LogP contribution in [0.1, 0.15) is 6.42 Å². The van der Waals surface area contributed by atoms with Gasteiger partial charge in [-0.25, -0.2) is 4.79 Å². The molecule has 2 amide bonds. The fraction of sp³-hybridized carbons (Fsp3) is 0.750. The van der Waals surface area contributed by atoms with Gasteiger partial charge in [-0.3, -0.25) is 10.1 Å². The lowest BCUT2D eigenvalue weighted by Gasteiger charge is -2.19. The quantitative estimate of drug-likeness (QED) is 0.588. The van der Waals surface area contributed by atoms with Gasteiger partial charge in [-0.15, -0.1) is 0 Å². The molecule has 3 atom stereocenters. The number of carbonyl (C=O) groups excluding carboxylic acids is 1. The SMILES string of the molecule is O=C(O)NC(=O)[C@H]1CN2CC[C@@H]1C2. The number of nitrogens with one attached hydrogen (secondary N) is 1. The second-order valence-corrected chi connectivity index (χ2v) is 3.71. The summed E-state index contributed by atoms with van der Waals surface area (Å²) in [6.45, 7) is 2.74. The Hall–Kier alpha value is -1.10. The summed E-state index contributed by atoms with van der Waals surface area (Å²) in [6, 6.07) is 0. The number of imide groups is 1. The number of nitrogens with zero attached hydrogens (tertiary/aromatic N) is 1. The number of carboxylic acid groups (broad SMARTS) is 1. The van der Waals surface area contributed by atoms with Gasteiger partial charge >= 0.3 is 6.09 Å². The van der Waals surface area contributed by atoms with Crippen LogP contribution in [0.4, 0.5) is 4.79 Å². The van der Waals surface area contributed by atoms with Gasteiger partial charge in [0.05, 0.1) is 5.92 Å². The minimum atomic E-state index is -1.25. The van der Waals surface area contributed by atoms with E-state index in [1.807, 2.05) is 5.32 Å². The molecule has 2 N–H and O–H groups in total. The van der Waals surface area contributed by atoms with Crippen molar-refractivity contribution in [1.82, 2.24) is 10.2 Å². The van der Waals surface area contributed by atoms with Gasteiger partial charge in [-0.1, -0.05) is 0 Å².